The van der Waals surface area contributed by atoms with Crippen molar-refractivity contribution in [3.8, 4) is 16.9 Å². The molecule has 28 heavy (non-hydrogen) atoms. The van der Waals surface area contributed by atoms with Crippen LogP contribution in [-0.4, -0.2) is 17.7 Å². The van der Waals surface area contributed by atoms with Gasteiger partial charge in [0.05, 0.1) is 18.1 Å². The molecule has 1 fully saturated rings. The lowest BCUT2D eigenvalue weighted by Crippen LogP contribution is -2.12. The zero-order chi connectivity index (χ0) is 20.3. The highest BCUT2D eigenvalue weighted by Crippen LogP contribution is 2.35. The number of carboxylic acids is 1. The van der Waals surface area contributed by atoms with Gasteiger partial charge in [-0.05, 0) is 66.1 Å². The lowest BCUT2D eigenvalue weighted by atomic mass is 9.91. The first kappa shape index (κ1) is 20.2. The summed E-state index contributed by atoms with van der Waals surface area (Å²) in [5.74, 6) is -0.507. The molecule has 0 radical (unpaired) electrons. The first-order chi connectivity index (χ1) is 13.3. The SMILES string of the molecule is CCC[C@@H](C(=O)O)c1cc(OCC2CC2)cc(-c2ccc(C(F)(F)F)cc2)c1. The van der Waals surface area contributed by atoms with Crippen LogP contribution in [0, 0.1) is 5.92 Å². The second-order valence-electron chi connectivity index (χ2n) is 7.30. The normalized spacial score (nSPS) is 15.3. The first-order valence-corrected chi connectivity index (χ1v) is 9.46. The van der Waals surface area contributed by atoms with Gasteiger partial charge in [0.2, 0.25) is 0 Å². The molecule has 0 saturated heterocycles. The minimum absolute atomic E-state index is 0.480. The van der Waals surface area contributed by atoms with Crippen LogP contribution < -0.4 is 4.74 Å². The van der Waals surface area contributed by atoms with Crippen molar-refractivity contribution >= 4 is 5.97 Å². The third-order valence-electron chi connectivity index (χ3n) is 4.93. The summed E-state index contributed by atoms with van der Waals surface area (Å²) in [5.41, 5.74) is 1.13. The van der Waals surface area contributed by atoms with E-state index in [-0.39, 0.29) is 0 Å². The van der Waals surface area contributed by atoms with Crippen molar-refractivity contribution in [2.75, 3.05) is 6.61 Å². The van der Waals surface area contributed by atoms with Crippen LogP contribution >= 0.6 is 0 Å². The molecule has 1 aliphatic rings. The molecule has 0 unspecified atom stereocenters. The summed E-state index contributed by atoms with van der Waals surface area (Å²) >= 11 is 0. The second kappa shape index (κ2) is 8.25. The fourth-order valence-electron chi connectivity index (χ4n) is 3.14. The summed E-state index contributed by atoms with van der Waals surface area (Å²) in [7, 11) is 0. The van der Waals surface area contributed by atoms with Gasteiger partial charge in [-0.2, -0.15) is 13.2 Å². The van der Waals surface area contributed by atoms with Gasteiger partial charge in [-0.25, -0.2) is 0 Å². The highest BCUT2D eigenvalue weighted by molar-refractivity contribution is 5.78. The summed E-state index contributed by atoms with van der Waals surface area (Å²) in [6.07, 6.45) is -0.958. The van der Waals surface area contributed by atoms with E-state index >= 15 is 0 Å². The fourth-order valence-corrected chi connectivity index (χ4v) is 3.14. The van der Waals surface area contributed by atoms with E-state index in [0.717, 1.165) is 25.0 Å². The van der Waals surface area contributed by atoms with Crippen molar-refractivity contribution in [2.24, 2.45) is 5.92 Å². The van der Waals surface area contributed by atoms with Gasteiger partial charge in [0.25, 0.3) is 0 Å². The molecule has 2 aromatic rings. The van der Waals surface area contributed by atoms with E-state index in [1.54, 1.807) is 18.2 Å². The second-order valence-corrected chi connectivity index (χ2v) is 7.30. The molecule has 0 amide bonds. The molecular formula is C22H23F3O3. The minimum Gasteiger partial charge on any atom is -0.493 e. The Morgan fingerprint density at radius 1 is 1.14 bits per heavy atom. The van der Waals surface area contributed by atoms with Crippen molar-refractivity contribution in [2.45, 2.75) is 44.7 Å². The van der Waals surface area contributed by atoms with Crippen LogP contribution in [0.5, 0.6) is 5.75 Å². The molecule has 1 saturated carbocycles. The lowest BCUT2D eigenvalue weighted by Gasteiger charge is -2.16. The summed E-state index contributed by atoms with van der Waals surface area (Å²) in [6.45, 7) is 2.49. The molecule has 0 spiro atoms. The highest BCUT2D eigenvalue weighted by Gasteiger charge is 2.30. The van der Waals surface area contributed by atoms with Gasteiger partial charge in [-0.3, -0.25) is 4.79 Å². The Labute approximate surface area is 162 Å². The van der Waals surface area contributed by atoms with Gasteiger partial charge < -0.3 is 9.84 Å². The Morgan fingerprint density at radius 3 is 2.36 bits per heavy atom. The van der Waals surface area contributed by atoms with Crippen LogP contribution in [0.4, 0.5) is 13.2 Å². The summed E-state index contributed by atoms with van der Waals surface area (Å²) in [6, 6.07) is 10.1. The predicted octanol–water partition coefficient (Wildman–Crippen LogP) is 6.13. The number of rotatable bonds is 8. The van der Waals surface area contributed by atoms with Crippen LogP contribution in [0.1, 0.15) is 49.7 Å². The Balaban J connectivity index is 1.96. The largest absolute Gasteiger partial charge is 0.493 e. The van der Waals surface area contributed by atoms with E-state index in [1.165, 1.54) is 12.1 Å². The molecule has 1 N–H and O–H groups in total. The zero-order valence-electron chi connectivity index (χ0n) is 15.6. The number of benzene rings is 2. The summed E-state index contributed by atoms with van der Waals surface area (Å²) in [5, 5.41) is 9.60. The summed E-state index contributed by atoms with van der Waals surface area (Å²) in [4.78, 5) is 11.7. The molecular weight excluding hydrogens is 369 g/mol. The van der Waals surface area contributed by atoms with Gasteiger partial charge in [-0.1, -0.05) is 31.5 Å². The molecule has 150 valence electrons. The van der Waals surface area contributed by atoms with Crippen molar-refractivity contribution in [3.05, 3.63) is 53.6 Å². The van der Waals surface area contributed by atoms with E-state index in [4.69, 9.17) is 4.74 Å². The highest BCUT2D eigenvalue weighted by atomic mass is 19.4. The molecule has 1 atom stereocenters. The van der Waals surface area contributed by atoms with E-state index in [9.17, 15) is 23.1 Å². The number of hydrogen-bond acceptors (Lipinski definition) is 2. The molecule has 3 rings (SSSR count). The Bertz CT molecular complexity index is 824. The van der Waals surface area contributed by atoms with Crippen LogP contribution in [0.2, 0.25) is 0 Å². The van der Waals surface area contributed by atoms with Crippen molar-refractivity contribution in [3.63, 3.8) is 0 Å². The molecule has 0 aromatic heterocycles. The average Bonchev–Trinajstić information content (AvgIpc) is 3.48. The Kier molecular flexibility index (Phi) is 5.96. The Hall–Kier alpha value is -2.50. The van der Waals surface area contributed by atoms with E-state index in [1.807, 2.05) is 6.92 Å². The molecule has 1 aliphatic carbocycles. The monoisotopic (exact) mass is 392 g/mol. The van der Waals surface area contributed by atoms with Crippen LogP contribution in [-0.2, 0) is 11.0 Å². The quantitative estimate of drug-likeness (QED) is 0.588. The van der Waals surface area contributed by atoms with E-state index in [0.29, 0.717) is 47.8 Å². The van der Waals surface area contributed by atoms with Gasteiger partial charge in [0, 0.05) is 0 Å². The van der Waals surface area contributed by atoms with E-state index in [2.05, 4.69) is 0 Å². The number of ether oxygens (including phenoxy) is 1. The van der Waals surface area contributed by atoms with Crippen molar-refractivity contribution in [1.82, 2.24) is 0 Å². The first-order valence-electron chi connectivity index (χ1n) is 9.46. The third kappa shape index (κ3) is 5.06. The Morgan fingerprint density at radius 2 is 1.82 bits per heavy atom. The number of carbonyl (C=O) groups is 1. The minimum atomic E-state index is -4.39. The molecule has 0 heterocycles. The van der Waals surface area contributed by atoms with E-state index < -0.39 is 23.6 Å². The molecule has 0 aliphatic heterocycles. The third-order valence-corrected chi connectivity index (χ3v) is 4.93. The van der Waals surface area contributed by atoms with Crippen LogP contribution in [0.15, 0.2) is 42.5 Å². The number of halogens is 3. The van der Waals surface area contributed by atoms with Crippen molar-refractivity contribution in [1.29, 1.82) is 0 Å². The van der Waals surface area contributed by atoms with Gasteiger partial charge in [-0.15, -0.1) is 0 Å². The molecule has 0 bridgehead atoms. The predicted molar refractivity (Wildman–Crippen MR) is 100 cm³/mol. The summed E-state index contributed by atoms with van der Waals surface area (Å²) < 4.78 is 44.3. The van der Waals surface area contributed by atoms with Crippen molar-refractivity contribution < 1.29 is 27.8 Å². The maximum Gasteiger partial charge on any atom is 0.416 e. The average molecular weight is 392 g/mol. The maximum atomic E-state index is 12.8. The number of carboxylic acid groups (broad SMARTS) is 1. The zero-order valence-corrected chi connectivity index (χ0v) is 15.6. The van der Waals surface area contributed by atoms with Gasteiger partial charge in [0.1, 0.15) is 5.75 Å². The lowest BCUT2D eigenvalue weighted by molar-refractivity contribution is -0.139. The molecule has 3 nitrogen and oxygen atoms in total. The topological polar surface area (TPSA) is 46.5 Å². The fraction of sp³-hybridized carbons (Fsp3) is 0.409. The maximum absolute atomic E-state index is 12.8. The molecule has 2 aromatic carbocycles. The van der Waals surface area contributed by atoms with Gasteiger partial charge in [0.15, 0.2) is 0 Å². The van der Waals surface area contributed by atoms with Crippen LogP contribution in [0.25, 0.3) is 11.1 Å². The molecule has 6 heteroatoms. The van der Waals surface area contributed by atoms with Gasteiger partial charge >= 0.3 is 12.1 Å². The number of alkyl halides is 3. The smallest absolute Gasteiger partial charge is 0.416 e. The number of aliphatic carboxylic acids is 1. The van der Waals surface area contributed by atoms with Crippen LogP contribution in [0.3, 0.4) is 0 Å². The standard InChI is InChI=1S/C22H23F3O3/c1-2-3-20(21(26)27)17-10-16(11-19(12-17)28-13-14-4-5-14)15-6-8-18(9-7-15)22(23,24)25/h6-12,14,20H,2-5,13H2,1H3,(H,26,27)/t20-/m1/s1. The number of hydrogen-bond donors (Lipinski definition) is 1.